The highest BCUT2D eigenvalue weighted by Gasteiger charge is 2.17. The summed E-state index contributed by atoms with van der Waals surface area (Å²) >= 11 is 5.24. The van der Waals surface area contributed by atoms with E-state index in [0.29, 0.717) is 24.9 Å². The number of halogens is 2. The molecule has 8 heteroatoms. The van der Waals surface area contributed by atoms with Gasteiger partial charge in [0.05, 0.1) is 7.05 Å². The van der Waals surface area contributed by atoms with Gasteiger partial charge in [-0.3, -0.25) is 0 Å². The Bertz CT molecular complexity index is 939. The molecule has 1 heterocycles. The van der Waals surface area contributed by atoms with Gasteiger partial charge in [-0.25, -0.2) is 8.78 Å². The highest BCUT2D eigenvalue weighted by molar-refractivity contribution is 7.71. The quantitative estimate of drug-likeness (QED) is 0.627. The lowest BCUT2D eigenvalue weighted by atomic mass is 10.2. The van der Waals surface area contributed by atoms with Gasteiger partial charge in [0.15, 0.2) is 12.8 Å². The van der Waals surface area contributed by atoms with Crippen LogP contribution in [0.1, 0.15) is 24.5 Å². The number of nitrogens with one attached hydrogen (secondary N) is 1. The molecule has 1 N–H and O–H groups in total. The SMILES string of the molecule is C[C@H](Oc1ccc(F)cc1)c1nn(C[NH+](C)Cc2ccc(F)cc2)c(=S)o1. The molecular formula is C19H20F2N3O2S+. The Balaban J connectivity index is 1.63. The van der Waals surface area contributed by atoms with Gasteiger partial charge in [-0.2, -0.15) is 4.68 Å². The minimum absolute atomic E-state index is 0.248. The smallest absolute Gasteiger partial charge is 0.292 e. The van der Waals surface area contributed by atoms with Gasteiger partial charge >= 0.3 is 0 Å². The fourth-order valence-electron chi connectivity index (χ4n) is 2.62. The largest absolute Gasteiger partial charge is 0.481 e. The summed E-state index contributed by atoms with van der Waals surface area (Å²) in [5.41, 5.74) is 1.01. The molecule has 0 spiro atoms. The van der Waals surface area contributed by atoms with Crippen LogP contribution in [0.25, 0.3) is 0 Å². The fraction of sp³-hybridized carbons (Fsp3) is 0.263. The molecule has 27 heavy (non-hydrogen) atoms. The third-order valence-corrected chi connectivity index (χ3v) is 4.23. The summed E-state index contributed by atoms with van der Waals surface area (Å²) in [6, 6.07) is 12.1. The van der Waals surface area contributed by atoms with Gasteiger partial charge in [0.2, 0.25) is 0 Å². The van der Waals surface area contributed by atoms with Crippen LogP contribution in [0.2, 0.25) is 0 Å². The number of aromatic nitrogens is 2. The molecule has 142 valence electrons. The highest BCUT2D eigenvalue weighted by Crippen LogP contribution is 2.20. The topological polar surface area (TPSA) is 44.6 Å². The van der Waals surface area contributed by atoms with Crippen molar-refractivity contribution >= 4 is 12.2 Å². The summed E-state index contributed by atoms with van der Waals surface area (Å²) in [6.07, 6.45) is -0.476. The Morgan fingerprint density at radius 2 is 1.70 bits per heavy atom. The number of nitrogens with zero attached hydrogens (tertiary/aromatic N) is 2. The van der Waals surface area contributed by atoms with Crippen molar-refractivity contribution in [2.45, 2.75) is 26.2 Å². The summed E-state index contributed by atoms with van der Waals surface area (Å²) in [6.45, 7) is 2.96. The minimum atomic E-state index is -0.476. The van der Waals surface area contributed by atoms with Gasteiger partial charge in [0.1, 0.15) is 23.9 Å². The van der Waals surface area contributed by atoms with Crippen molar-refractivity contribution in [3.8, 4) is 5.75 Å². The van der Waals surface area contributed by atoms with Crippen LogP contribution in [-0.4, -0.2) is 16.8 Å². The maximum Gasteiger partial charge on any atom is 0.292 e. The molecular weight excluding hydrogens is 372 g/mol. The lowest BCUT2D eigenvalue weighted by molar-refractivity contribution is -0.917. The van der Waals surface area contributed by atoms with E-state index in [4.69, 9.17) is 21.4 Å². The Labute approximate surface area is 160 Å². The average molecular weight is 392 g/mol. The van der Waals surface area contributed by atoms with Gasteiger partial charge in [0.25, 0.3) is 10.7 Å². The van der Waals surface area contributed by atoms with E-state index in [1.165, 1.54) is 36.4 Å². The van der Waals surface area contributed by atoms with E-state index in [1.54, 1.807) is 23.7 Å². The molecule has 0 saturated heterocycles. The van der Waals surface area contributed by atoms with Crippen molar-refractivity contribution in [1.82, 2.24) is 9.78 Å². The van der Waals surface area contributed by atoms with E-state index in [9.17, 15) is 8.78 Å². The molecule has 0 aliphatic carbocycles. The van der Waals surface area contributed by atoms with E-state index in [1.807, 2.05) is 7.05 Å². The molecule has 0 aliphatic rings. The van der Waals surface area contributed by atoms with E-state index in [2.05, 4.69) is 5.10 Å². The molecule has 0 amide bonds. The van der Waals surface area contributed by atoms with Gasteiger partial charge in [-0.05, 0) is 55.5 Å². The zero-order valence-electron chi connectivity index (χ0n) is 15.0. The second-order valence-electron chi connectivity index (χ2n) is 6.34. The highest BCUT2D eigenvalue weighted by atomic mass is 32.1. The Kier molecular flexibility index (Phi) is 5.98. The molecule has 0 bridgehead atoms. The van der Waals surface area contributed by atoms with Crippen LogP contribution in [0.5, 0.6) is 5.75 Å². The maximum absolute atomic E-state index is 13.0. The zero-order chi connectivity index (χ0) is 19.4. The average Bonchev–Trinajstić information content (AvgIpc) is 2.99. The second-order valence-corrected chi connectivity index (χ2v) is 6.69. The molecule has 5 nitrogen and oxygen atoms in total. The van der Waals surface area contributed by atoms with Gasteiger partial charge in [-0.15, -0.1) is 5.10 Å². The predicted molar refractivity (Wildman–Crippen MR) is 97.8 cm³/mol. The van der Waals surface area contributed by atoms with Crippen molar-refractivity contribution in [2.75, 3.05) is 7.05 Å². The first-order chi connectivity index (χ1) is 12.9. The predicted octanol–water partition coefficient (Wildman–Crippen LogP) is 3.30. The van der Waals surface area contributed by atoms with Crippen LogP contribution >= 0.6 is 12.2 Å². The van der Waals surface area contributed by atoms with Crippen LogP contribution in [0.15, 0.2) is 52.9 Å². The van der Waals surface area contributed by atoms with Gasteiger partial charge in [-0.1, -0.05) is 12.1 Å². The van der Waals surface area contributed by atoms with Gasteiger partial charge < -0.3 is 14.1 Å². The molecule has 0 saturated carbocycles. The lowest BCUT2D eigenvalue weighted by Gasteiger charge is -2.13. The molecule has 0 radical (unpaired) electrons. The number of rotatable bonds is 7. The third-order valence-electron chi connectivity index (χ3n) is 3.94. The van der Waals surface area contributed by atoms with Crippen molar-refractivity contribution < 1.29 is 22.8 Å². The molecule has 0 fully saturated rings. The Hall–Kier alpha value is -2.58. The number of quaternary nitrogens is 1. The number of hydrogen-bond donors (Lipinski definition) is 1. The van der Waals surface area contributed by atoms with Crippen molar-refractivity contribution in [2.24, 2.45) is 0 Å². The van der Waals surface area contributed by atoms with E-state index in [-0.39, 0.29) is 16.5 Å². The normalized spacial score (nSPS) is 13.3. The number of ether oxygens (including phenoxy) is 1. The van der Waals surface area contributed by atoms with Crippen molar-refractivity contribution in [3.63, 3.8) is 0 Å². The monoisotopic (exact) mass is 392 g/mol. The minimum Gasteiger partial charge on any atom is -0.481 e. The van der Waals surface area contributed by atoms with E-state index < -0.39 is 6.10 Å². The summed E-state index contributed by atoms with van der Waals surface area (Å²) in [7, 11) is 1.98. The zero-order valence-corrected chi connectivity index (χ0v) is 15.8. The van der Waals surface area contributed by atoms with Crippen LogP contribution in [0, 0.1) is 16.5 Å². The first-order valence-corrected chi connectivity index (χ1v) is 8.87. The summed E-state index contributed by atoms with van der Waals surface area (Å²) in [5.74, 6) is 0.274. The second kappa shape index (κ2) is 8.41. The fourth-order valence-corrected chi connectivity index (χ4v) is 2.81. The van der Waals surface area contributed by atoms with Crippen molar-refractivity contribution in [3.05, 3.63) is 76.5 Å². The third kappa shape index (κ3) is 5.21. The molecule has 2 aromatic carbocycles. The van der Waals surface area contributed by atoms with Crippen molar-refractivity contribution in [1.29, 1.82) is 0 Å². The van der Waals surface area contributed by atoms with Gasteiger partial charge in [0, 0.05) is 5.56 Å². The molecule has 3 aromatic rings. The number of hydrogen-bond acceptors (Lipinski definition) is 4. The summed E-state index contributed by atoms with van der Waals surface area (Å²) in [5, 5.41) is 4.39. The van der Waals surface area contributed by atoms with E-state index >= 15 is 0 Å². The molecule has 1 unspecified atom stereocenters. The first kappa shape index (κ1) is 19.2. The first-order valence-electron chi connectivity index (χ1n) is 8.46. The molecule has 3 rings (SSSR count). The number of benzene rings is 2. The lowest BCUT2D eigenvalue weighted by Crippen LogP contribution is -3.07. The Morgan fingerprint density at radius 1 is 1.11 bits per heavy atom. The molecule has 2 atom stereocenters. The van der Waals surface area contributed by atoms with E-state index in [0.717, 1.165) is 10.5 Å². The maximum atomic E-state index is 13.0. The van der Waals surface area contributed by atoms with Crippen LogP contribution < -0.4 is 9.64 Å². The molecule has 1 aromatic heterocycles. The summed E-state index contributed by atoms with van der Waals surface area (Å²) in [4.78, 5) is 1.35. The van der Waals surface area contributed by atoms with Crippen LogP contribution in [-0.2, 0) is 13.2 Å². The molecule has 0 aliphatic heterocycles. The van der Waals surface area contributed by atoms with Crippen LogP contribution in [0.3, 0.4) is 0 Å². The summed E-state index contributed by atoms with van der Waals surface area (Å²) < 4.78 is 38.8. The van der Waals surface area contributed by atoms with Crippen LogP contribution in [0.4, 0.5) is 8.78 Å². The Morgan fingerprint density at radius 3 is 2.33 bits per heavy atom. The standard InChI is InChI=1S/C19H19F2N3O2S/c1-13(25-17-9-7-16(21)8-10-17)18-22-24(19(27)26-18)12-23(2)11-14-3-5-15(20)6-4-14/h3-10,13H,11-12H2,1-2H3/p+1/t13-/m0/s1.